The fourth-order valence-electron chi connectivity index (χ4n) is 1.66. The van der Waals surface area contributed by atoms with E-state index in [1.807, 2.05) is 19.9 Å². The molecule has 7 heteroatoms. The van der Waals surface area contributed by atoms with Crippen LogP contribution in [0.4, 0.5) is 0 Å². The lowest BCUT2D eigenvalue weighted by Gasteiger charge is -2.08. The van der Waals surface area contributed by atoms with Crippen LogP contribution in [0.3, 0.4) is 0 Å². The van der Waals surface area contributed by atoms with Crippen LogP contribution in [-0.2, 0) is 14.8 Å². The molecule has 2 rings (SSSR count). The van der Waals surface area contributed by atoms with Crippen LogP contribution in [0.25, 0.3) is 10.2 Å². The minimum Gasteiger partial charge on any atom is -0.274 e. The number of carbonyl (C=O) groups excluding carboxylic acids is 1. The van der Waals surface area contributed by atoms with Crippen molar-refractivity contribution < 1.29 is 13.2 Å². The van der Waals surface area contributed by atoms with E-state index in [0.717, 1.165) is 22.5 Å². The largest absolute Gasteiger partial charge is 0.291 e. The average molecular weight is 312 g/mol. The first-order valence-electron chi connectivity index (χ1n) is 6.33. The second-order valence-electron chi connectivity index (χ2n) is 4.69. The number of rotatable bonds is 5. The first-order chi connectivity index (χ1) is 9.42. The van der Waals surface area contributed by atoms with Crippen molar-refractivity contribution in [1.82, 2.24) is 9.71 Å². The fraction of sp³-hybridized carbons (Fsp3) is 0.385. The third-order valence-electron chi connectivity index (χ3n) is 2.98. The maximum atomic E-state index is 12.1. The van der Waals surface area contributed by atoms with E-state index in [1.54, 1.807) is 18.2 Å². The van der Waals surface area contributed by atoms with Gasteiger partial charge in [-0.3, -0.25) is 4.79 Å². The molecule has 1 aromatic heterocycles. The van der Waals surface area contributed by atoms with Gasteiger partial charge in [-0.2, -0.15) is 8.42 Å². The molecule has 1 amide bonds. The highest BCUT2D eigenvalue weighted by atomic mass is 32.2. The van der Waals surface area contributed by atoms with Crippen LogP contribution in [0.1, 0.15) is 26.7 Å². The summed E-state index contributed by atoms with van der Waals surface area (Å²) in [4.78, 5) is 15.8. The molecule has 0 bridgehead atoms. The van der Waals surface area contributed by atoms with E-state index in [4.69, 9.17) is 0 Å². The van der Waals surface area contributed by atoms with Crippen molar-refractivity contribution in [1.29, 1.82) is 0 Å². The van der Waals surface area contributed by atoms with Gasteiger partial charge in [0.25, 0.3) is 10.0 Å². The molecule has 0 fully saturated rings. The van der Waals surface area contributed by atoms with Gasteiger partial charge in [0.1, 0.15) is 0 Å². The van der Waals surface area contributed by atoms with E-state index >= 15 is 0 Å². The second kappa shape index (κ2) is 5.88. The van der Waals surface area contributed by atoms with E-state index in [0.29, 0.717) is 5.52 Å². The van der Waals surface area contributed by atoms with Gasteiger partial charge >= 0.3 is 0 Å². The predicted molar refractivity (Wildman–Crippen MR) is 79.0 cm³/mol. The van der Waals surface area contributed by atoms with Crippen LogP contribution in [-0.4, -0.2) is 19.3 Å². The average Bonchev–Trinajstić information content (AvgIpc) is 2.82. The van der Waals surface area contributed by atoms with E-state index in [-0.39, 0.29) is 16.7 Å². The molecule has 2 aromatic rings. The molecule has 0 aliphatic heterocycles. The zero-order valence-corrected chi connectivity index (χ0v) is 12.9. The Balaban J connectivity index is 2.20. The van der Waals surface area contributed by atoms with Crippen molar-refractivity contribution in [2.75, 3.05) is 0 Å². The zero-order chi connectivity index (χ0) is 14.8. The fourth-order valence-corrected chi connectivity index (χ4v) is 3.88. The maximum Gasteiger partial charge on any atom is 0.291 e. The maximum absolute atomic E-state index is 12.1. The van der Waals surface area contributed by atoms with Crippen LogP contribution >= 0.6 is 11.3 Å². The number of sulfonamides is 1. The molecule has 1 aromatic carbocycles. The van der Waals surface area contributed by atoms with Gasteiger partial charge in [0, 0.05) is 6.42 Å². The molecular weight excluding hydrogens is 296 g/mol. The number of nitrogens with one attached hydrogen (secondary N) is 1. The Labute approximate surface area is 122 Å². The molecule has 0 saturated carbocycles. The summed E-state index contributed by atoms with van der Waals surface area (Å²) in [5, 5.41) is 0. The SMILES string of the molecule is CC[C@H](C)CC(=O)NS(=O)(=O)c1nc2ccccc2s1. The lowest BCUT2D eigenvalue weighted by molar-refractivity contribution is -0.120. The van der Waals surface area contributed by atoms with Crippen LogP contribution in [0.5, 0.6) is 0 Å². The first-order valence-corrected chi connectivity index (χ1v) is 8.63. The number of fused-ring (bicyclic) bond motifs is 1. The molecule has 0 saturated heterocycles. The lowest BCUT2D eigenvalue weighted by atomic mass is 10.1. The molecule has 0 unspecified atom stereocenters. The summed E-state index contributed by atoms with van der Waals surface area (Å²) in [6.07, 6.45) is 1.02. The molecule has 0 aliphatic carbocycles. The molecule has 1 atom stereocenters. The molecule has 0 spiro atoms. The number of thiazole rings is 1. The van der Waals surface area contributed by atoms with Crippen LogP contribution in [0, 0.1) is 5.92 Å². The summed E-state index contributed by atoms with van der Waals surface area (Å²) < 4.78 is 27.0. The summed E-state index contributed by atoms with van der Waals surface area (Å²) in [6, 6.07) is 7.15. The van der Waals surface area contributed by atoms with Crippen molar-refractivity contribution in [3.05, 3.63) is 24.3 Å². The topological polar surface area (TPSA) is 76.1 Å². The quantitative estimate of drug-likeness (QED) is 0.920. The normalized spacial score (nSPS) is 13.3. The van der Waals surface area contributed by atoms with Crippen LogP contribution < -0.4 is 4.72 Å². The van der Waals surface area contributed by atoms with Crippen molar-refractivity contribution in [3.8, 4) is 0 Å². The third-order valence-corrected chi connectivity index (χ3v) is 5.77. The predicted octanol–water partition coefficient (Wildman–Crippen LogP) is 2.54. The summed E-state index contributed by atoms with van der Waals surface area (Å²) in [6.45, 7) is 3.86. The van der Waals surface area contributed by atoms with E-state index in [1.165, 1.54) is 0 Å². The zero-order valence-electron chi connectivity index (χ0n) is 11.3. The third kappa shape index (κ3) is 3.34. The summed E-state index contributed by atoms with van der Waals surface area (Å²) >= 11 is 1.06. The van der Waals surface area contributed by atoms with Crippen LogP contribution in [0.2, 0.25) is 0 Å². The monoisotopic (exact) mass is 312 g/mol. The molecule has 0 aliphatic rings. The molecule has 0 radical (unpaired) electrons. The van der Waals surface area contributed by atoms with Gasteiger partial charge in [0.2, 0.25) is 10.2 Å². The lowest BCUT2D eigenvalue weighted by Crippen LogP contribution is -2.31. The number of aromatic nitrogens is 1. The highest BCUT2D eigenvalue weighted by Gasteiger charge is 2.22. The number of para-hydroxylation sites is 1. The second-order valence-corrected chi connectivity index (χ2v) is 7.58. The number of hydrogen-bond acceptors (Lipinski definition) is 5. The van der Waals surface area contributed by atoms with E-state index in [2.05, 4.69) is 9.71 Å². The van der Waals surface area contributed by atoms with Gasteiger partial charge in [0.05, 0.1) is 10.2 Å². The standard InChI is InChI=1S/C13H16N2O3S2/c1-3-9(2)8-12(16)15-20(17,18)13-14-10-6-4-5-7-11(10)19-13/h4-7,9H,3,8H2,1-2H3,(H,15,16)/t9-/m0/s1. The highest BCUT2D eigenvalue weighted by Crippen LogP contribution is 2.24. The Morgan fingerprint density at radius 3 is 2.75 bits per heavy atom. The summed E-state index contributed by atoms with van der Waals surface area (Å²) in [5.41, 5.74) is 0.618. The van der Waals surface area contributed by atoms with E-state index in [9.17, 15) is 13.2 Å². The number of hydrogen-bond donors (Lipinski definition) is 1. The van der Waals surface area contributed by atoms with Gasteiger partial charge in [0.15, 0.2) is 0 Å². The smallest absolute Gasteiger partial charge is 0.274 e. The number of benzene rings is 1. The molecular formula is C13H16N2O3S2. The van der Waals surface area contributed by atoms with E-state index < -0.39 is 15.9 Å². The Bertz CT molecular complexity index is 689. The Morgan fingerprint density at radius 1 is 1.40 bits per heavy atom. The Hall–Kier alpha value is -1.47. The molecule has 108 valence electrons. The van der Waals surface area contributed by atoms with Crippen molar-refractivity contribution in [2.24, 2.45) is 5.92 Å². The van der Waals surface area contributed by atoms with Crippen molar-refractivity contribution >= 4 is 37.5 Å². The van der Waals surface area contributed by atoms with Crippen molar-refractivity contribution in [3.63, 3.8) is 0 Å². The van der Waals surface area contributed by atoms with Gasteiger partial charge in [-0.1, -0.05) is 32.4 Å². The minimum atomic E-state index is -3.87. The highest BCUT2D eigenvalue weighted by molar-refractivity contribution is 7.92. The van der Waals surface area contributed by atoms with Gasteiger partial charge in [-0.25, -0.2) is 9.71 Å². The minimum absolute atomic E-state index is 0.0730. The van der Waals surface area contributed by atoms with Gasteiger partial charge < -0.3 is 0 Å². The summed E-state index contributed by atoms with van der Waals surface area (Å²) in [5.74, 6) is -0.334. The number of carbonyl (C=O) groups is 1. The van der Waals surface area contributed by atoms with Crippen LogP contribution in [0.15, 0.2) is 28.6 Å². The van der Waals surface area contributed by atoms with Gasteiger partial charge in [-0.05, 0) is 18.1 Å². The van der Waals surface area contributed by atoms with Crippen molar-refractivity contribution in [2.45, 2.75) is 31.0 Å². The van der Waals surface area contributed by atoms with Gasteiger partial charge in [-0.15, -0.1) is 11.3 Å². The molecule has 5 nitrogen and oxygen atoms in total. The number of nitrogens with zero attached hydrogens (tertiary/aromatic N) is 1. The molecule has 1 heterocycles. The molecule has 1 N–H and O–H groups in total. The Kier molecular flexibility index (Phi) is 4.39. The molecule has 20 heavy (non-hydrogen) atoms. The number of amides is 1. The summed E-state index contributed by atoms with van der Waals surface area (Å²) in [7, 11) is -3.87. The first kappa shape index (κ1) is 14.9. The Morgan fingerprint density at radius 2 is 2.10 bits per heavy atom.